The molecule has 1 aromatic carbocycles. The monoisotopic (exact) mass is 486 g/mol. The third-order valence-electron chi connectivity index (χ3n) is 5.30. The first-order valence-electron chi connectivity index (χ1n) is 11.2. The van der Waals surface area contributed by atoms with E-state index in [1.54, 1.807) is 38.2 Å². The zero-order valence-corrected chi connectivity index (χ0v) is 20.1. The van der Waals surface area contributed by atoms with Gasteiger partial charge in [0.1, 0.15) is 18.2 Å². The first-order chi connectivity index (χ1) is 16.4. The Balaban J connectivity index is 1.86. The maximum atomic E-state index is 13.9. The van der Waals surface area contributed by atoms with Crippen molar-refractivity contribution in [2.45, 2.75) is 45.8 Å². The number of nitrogens with zero attached hydrogens (tertiary/aromatic N) is 2. The zero-order chi connectivity index (χ0) is 25.8. The van der Waals surface area contributed by atoms with Crippen LogP contribution in [0, 0.1) is 12.8 Å². The Kier molecular flexibility index (Phi) is 7.80. The van der Waals surface area contributed by atoms with Crippen LogP contribution < -0.4 is 15.8 Å². The average Bonchev–Trinajstić information content (AvgIpc) is 2.76. The van der Waals surface area contributed by atoms with Crippen molar-refractivity contribution in [3.05, 3.63) is 71.7 Å². The SMILES string of the molecule is Cc1ncccc1C(=O)Nc1cc(-c2ccc(OCC(C)(N)CC(C)C)c(C(F)(F)F)c2)ccn1. The number of aryl methyl sites for hydroxylation is 1. The molecule has 1 amide bonds. The number of amides is 1. The molecule has 0 bridgehead atoms. The third kappa shape index (κ3) is 7.02. The van der Waals surface area contributed by atoms with Gasteiger partial charge in [0.2, 0.25) is 0 Å². The minimum Gasteiger partial charge on any atom is -0.491 e. The highest BCUT2D eigenvalue weighted by atomic mass is 19.4. The van der Waals surface area contributed by atoms with Gasteiger partial charge in [0.25, 0.3) is 5.91 Å². The van der Waals surface area contributed by atoms with Gasteiger partial charge in [-0.15, -0.1) is 0 Å². The number of aromatic nitrogens is 2. The van der Waals surface area contributed by atoms with Crippen molar-refractivity contribution in [2.24, 2.45) is 11.7 Å². The normalized spacial score (nSPS) is 13.4. The van der Waals surface area contributed by atoms with Crippen LogP contribution >= 0.6 is 0 Å². The van der Waals surface area contributed by atoms with Gasteiger partial charge in [-0.25, -0.2) is 4.98 Å². The number of carbonyl (C=O) groups is 1. The molecule has 3 aromatic rings. The number of pyridine rings is 2. The summed E-state index contributed by atoms with van der Waals surface area (Å²) in [6.07, 6.45) is -1.02. The highest BCUT2D eigenvalue weighted by Crippen LogP contribution is 2.39. The molecule has 0 aliphatic heterocycles. The molecule has 9 heteroatoms. The summed E-state index contributed by atoms with van der Waals surface area (Å²) in [4.78, 5) is 20.8. The first-order valence-corrected chi connectivity index (χ1v) is 11.2. The summed E-state index contributed by atoms with van der Waals surface area (Å²) in [6.45, 7) is 7.40. The van der Waals surface area contributed by atoms with Gasteiger partial charge < -0.3 is 15.8 Å². The number of rotatable bonds is 8. The molecule has 2 aromatic heterocycles. The lowest BCUT2D eigenvalue weighted by Gasteiger charge is -2.27. The van der Waals surface area contributed by atoms with Crippen molar-refractivity contribution < 1.29 is 22.7 Å². The van der Waals surface area contributed by atoms with E-state index in [1.807, 2.05) is 13.8 Å². The number of nitrogens with one attached hydrogen (secondary N) is 1. The second kappa shape index (κ2) is 10.4. The Bertz CT molecular complexity index is 1190. The van der Waals surface area contributed by atoms with Crippen molar-refractivity contribution in [3.8, 4) is 16.9 Å². The van der Waals surface area contributed by atoms with E-state index in [0.717, 1.165) is 6.07 Å². The summed E-state index contributed by atoms with van der Waals surface area (Å²) in [5, 5.41) is 2.67. The molecule has 2 heterocycles. The molecular formula is C26H29F3N4O2. The van der Waals surface area contributed by atoms with Gasteiger partial charge in [-0.05, 0) is 73.7 Å². The van der Waals surface area contributed by atoms with E-state index >= 15 is 0 Å². The molecule has 0 saturated carbocycles. The van der Waals surface area contributed by atoms with Gasteiger partial charge >= 0.3 is 6.18 Å². The molecule has 3 rings (SSSR count). The molecule has 0 radical (unpaired) electrons. The molecule has 0 saturated heterocycles. The minimum atomic E-state index is -4.63. The Morgan fingerprint density at radius 3 is 2.46 bits per heavy atom. The van der Waals surface area contributed by atoms with E-state index in [4.69, 9.17) is 10.5 Å². The van der Waals surface area contributed by atoms with Crippen LogP contribution in [0.5, 0.6) is 5.75 Å². The smallest absolute Gasteiger partial charge is 0.419 e. The molecule has 186 valence electrons. The highest BCUT2D eigenvalue weighted by molar-refractivity contribution is 6.04. The number of halogens is 3. The van der Waals surface area contributed by atoms with Crippen molar-refractivity contribution in [3.63, 3.8) is 0 Å². The number of benzene rings is 1. The van der Waals surface area contributed by atoms with Crippen LogP contribution in [0.1, 0.15) is 48.8 Å². The van der Waals surface area contributed by atoms with E-state index in [0.29, 0.717) is 28.8 Å². The fourth-order valence-electron chi connectivity index (χ4n) is 3.88. The molecule has 6 nitrogen and oxygen atoms in total. The zero-order valence-electron chi connectivity index (χ0n) is 20.1. The molecule has 35 heavy (non-hydrogen) atoms. The lowest BCUT2D eigenvalue weighted by Crippen LogP contribution is -2.43. The van der Waals surface area contributed by atoms with Crippen LogP contribution in [-0.2, 0) is 6.18 Å². The number of carbonyl (C=O) groups excluding carboxylic acids is 1. The van der Waals surface area contributed by atoms with E-state index in [1.165, 1.54) is 24.4 Å². The van der Waals surface area contributed by atoms with Crippen LogP contribution in [0.4, 0.5) is 19.0 Å². The van der Waals surface area contributed by atoms with Gasteiger partial charge in [0.15, 0.2) is 0 Å². The van der Waals surface area contributed by atoms with Crippen molar-refractivity contribution in [2.75, 3.05) is 11.9 Å². The van der Waals surface area contributed by atoms with Crippen molar-refractivity contribution >= 4 is 11.7 Å². The molecule has 0 aliphatic rings. The number of anilines is 1. The second-order valence-corrected chi connectivity index (χ2v) is 9.27. The van der Waals surface area contributed by atoms with Crippen molar-refractivity contribution in [1.82, 2.24) is 9.97 Å². The summed E-state index contributed by atoms with van der Waals surface area (Å²) < 4.78 is 47.1. The van der Waals surface area contributed by atoms with E-state index < -0.39 is 23.2 Å². The summed E-state index contributed by atoms with van der Waals surface area (Å²) >= 11 is 0. The summed E-state index contributed by atoms with van der Waals surface area (Å²) in [5.41, 5.74) is 6.23. The molecule has 0 fully saturated rings. The van der Waals surface area contributed by atoms with Gasteiger partial charge in [-0.1, -0.05) is 19.9 Å². The fraction of sp³-hybridized carbons (Fsp3) is 0.346. The topological polar surface area (TPSA) is 90.1 Å². The first kappa shape index (κ1) is 26.2. The van der Waals surface area contributed by atoms with Gasteiger partial charge in [-0.2, -0.15) is 13.2 Å². The maximum Gasteiger partial charge on any atom is 0.419 e. The summed E-state index contributed by atoms with van der Waals surface area (Å²) in [7, 11) is 0. The van der Waals surface area contributed by atoms with Gasteiger partial charge in [-0.3, -0.25) is 9.78 Å². The van der Waals surface area contributed by atoms with Crippen LogP contribution in [0.3, 0.4) is 0 Å². The number of nitrogens with two attached hydrogens (primary N) is 1. The highest BCUT2D eigenvalue weighted by Gasteiger charge is 2.35. The summed E-state index contributed by atoms with van der Waals surface area (Å²) in [5.74, 6) is -0.207. The van der Waals surface area contributed by atoms with Gasteiger partial charge in [0.05, 0.1) is 11.1 Å². The minimum absolute atomic E-state index is 0.0488. The van der Waals surface area contributed by atoms with Gasteiger partial charge in [0, 0.05) is 23.6 Å². The largest absolute Gasteiger partial charge is 0.491 e. The maximum absolute atomic E-state index is 13.9. The molecule has 1 atom stereocenters. The van der Waals surface area contributed by atoms with Crippen LogP contribution in [-0.4, -0.2) is 28.0 Å². The van der Waals surface area contributed by atoms with E-state index in [9.17, 15) is 18.0 Å². The van der Waals surface area contributed by atoms with Crippen LogP contribution in [0.2, 0.25) is 0 Å². The van der Waals surface area contributed by atoms with E-state index in [-0.39, 0.29) is 24.1 Å². The predicted octanol–water partition coefficient (Wildman–Crippen LogP) is 5.87. The predicted molar refractivity (Wildman–Crippen MR) is 129 cm³/mol. The average molecular weight is 487 g/mol. The quantitative estimate of drug-likeness (QED) is 0.416. The molecule has 0 aliphatic carbocycles. The fourth-order valence-corrected chi connectivity index (χ4v) is 3.88. The Labute approximate surface area is 202 Å². The number of hydrogen-bond donors (Lipinski definition) is 2. The third-order valence-corrected chi connectivity index (χ3v) is 5.30. The van der Waals surface area contributed by atoms with Crippen molar-refractivity contribution in [1.29, 1.82) is 0 Å². The Morgan fingerprint density at radius 1 is 1.09 bits per heavy atom. The Hall–Kier alpha value is -3.46. The lowest BCUT2D eigenvalue weighted by molar-refractivity contribution is -0.139. The molecule has 0 spiro atoms. The number of ether oxygens (including phenoxy) is 1. The lowest BCUT2D eigenvalue weighted by atomic mass is 9.93. The second-order valence-electron chi connectivity index (χ2n) is 9.27. The molecule has 3 N–H and O–H groups in total. The van der Waals surface area contributed by atoms with Crippen LogP contribution in [0.25, 0.3) is 11.1 Å². The summed E-state index contributed by atoms with van der Waals surface area (Å²) in [6, 6.07) is 10.2. The Morgan fingerprint density at radius 2 is 1.80 bits per heavy atom. The molecular weight excluding hydrogens is 457 g/mol. The standard InChI is InChI=1S/C26H29F3N4O2/c1-16(2)14-25(4,30)15-35-22-8-7-18(12-21(22)26(27,28)29)19-9-11-32-23(13-19)33-24(34)20-6-5-10-31-17(20)3/h5-13,16H,14-15,30H2,1-4H3,(H,32,33,34). The molecule has 1 unspecified atom stereocenters. The number of hydrogen-bond acceptors (Lipinski definition) is 5. The number of alkyl halides is 3. The van der Waals surface area contributed by atoms with E-state index in [2.05, 4.69) is 15.3 Å². The van der Waals surface area contributed by atoms with Crippen LogP contribution in [0.15, 0.2) is 54.9 Å².